The summed E-state index contributed by atoms with van der Waals surface area (Å²) in [6, 6.07) is 3.96. The van der Waals surface area contributed by atoms with Crippen LogP contribution in [-0.4, -0.2) is 53.5 Å². The second kappa shape index (κ2) is 10.5. The maximum absolute atomic E-state index is 14.0. The minimum atomic E-state index is -0.595. The lowest BCUT2D eigenvalue weighted by molar-refractivity contribution is -0.141. The number of rotatable bonds is 6. The number of allylic oxidation sites excluding steroid dienone is 1. The van der Waals surface area contributed by atoms with Crippen molar-refractivity contribution in [1.82, 2.24) is 19.8 Å². The van der Waals surface area contributed by atoms with Crippen LogP contribution >= 0.6 is 0 Å². The van der Waals surface area contributed by atoms with Crippen LogP contribution in [0.25, 0.3) is 22.3 Å². The molecule has 0 spiro atoms. The highest BCUT2D eigenvalue weighted by molar-refractivity contribution is 6.34. The van der Waals surface area contributed by atoms with Gasteiger partial charge in [-0.3, -0.25) is 14.4 Å². The first-order valence-electron chi connectivity index (χ1n) is 15.6. The first-order valence-corrected chi connectivity index (χ1v) is 15.6. The molecule has 1 aromatic carbocycles. The predicted molar refractivity (Wildman–Crippen MR) is 167 cm³/mol. The quantitative estimate of drug-likeness (QED) is 0.215. The van der Waals surface area contributed by atoms with Crippen LogP contribution in [-0.2, 0) is 33.7 Å². The molecule has 3 aromatic rings. The standard InChI is InChI=1S/C34H37BN4O4/c1-5-19-17(3)7-8-21-22(19)13-27-32-23(15-39(27)33(21)41)31-26(10-9-20-18(4)24(35)14-25(37-32)30(20)31)38-12-11-28(34(38)42)43-16-36-29(40)6-2/h13-14,19,26,28H,3,5-12,15-16H2,1-2,4H3,(H,36,40). The Morgan fingerprint density at radius 3 is 2.72 bits per heavy atom. The molecule has 43 heavy (non-hydrogen) atoms. The van der Waals surface area contributed by atoms with Gasteiger partial charge in [-0.2, -0.15) is 0 Å². The van der Waals surface area contributed by atoms with Crippen LogP contribution in [0.15, 0.2) is 29.1 Å². The Bertz CT molecular complexity index is 1790. The number of amides is 2. The first-order chi connectivity index (χ1) is 20.7. The van der Waals surface area contributed by atoms with Gasteiger partial charge in [0.1, 0.15) is 20.7 Å². The van der Waals surface area contributed by atoms with Crippen molar-refractivity contribution < 1.29 is 14.3 Å². The third-order valence-electron chi connectivity index (χ3n) is 10.3. The van der Waals surface area contributed by atoms with Gasteiger partial charge in [-0.25, -0.2) is 4.98 Å². The number of hydrogen-bond acceptors (Lipinski definition) is 5. The normalized spacial score (nSPS) is 22.1. The van der Waals surface area contributed by atoms with Gasteiger partial charge in [0.2, 0.25) is 5.91 Å². The summed E-state index contributed by atoms with van der Waals surface area (Å²) >= 11 is 0. The summed E-state index contributed by atoms with van der Waals surface area (Å²) in [5.41, 5.74) is 10.8. The lowest BCUT2D eigenvalue weighted by Gasteiger charge is -2.35. The number of hydrogen-bond donors (Lipinski definition) is 1. The third-order valence-corrected chi connectivity index (χ3v) is 10.3. The van der Waals surface area contributed by atoms with Crippen LogP contribution in [0.5, 0.6) is 0 Å². The topological polar surface area (TPSA) is 93.5 Å². The van der Waals surface area contributed by atoms with E-state index in [1.54, 1.807) is 6.92 Å². The van der Waals surface area contributed by atoms with E-state index < -0.39 is 6.10 Å². The van der Waals surface area contributed by atoms with Crippen LogP contribution in [0, 0.1) is 6.92 Å². The van der Waals surface area contributed by atoms with Crippen molar-refractivity contribution in [2.45, 2.75) is 90.3 Å². The lowest BCUT2D eigenvalue weighted by Crippen LogP contribution is -2.38. The molecule has 220 valence electrons. The molecule has 0 bridgehead atoms. The average Bonchev–Trinajstić information content (AvgIpc) is 3.55. The number of aryl methyl sites for hydroxylation is 1. The molecule has 0 saturated carbocycles. The minimum absolute atomic E-state index is 0.0197. The molecule has 2 aromatic heterocycles. The van der Waals surface area contributed by atoms with Crippen LogP contribution in [0.1, 0.15) is 91.3 Å². The van der Waals surface area contributed by atoms with Crippen molar-refractivity contribution in [1.29, 1.82) is 0 Å². The number of aromatic nitrogens is 2. The molecule has 2 aliphatic heterocycles. The Labute approximate surface area is 252 Å². The number of carbonyl (C=O) groups excluding carboxylic acids is 2. The molecule has 8 nitrogen and oxygen atoms in total. The highest BCUT2D eigenvalue weighted by Gasteiger charge is 2.42. The van der Waals surface area contributed by atoms with E-state index in [1.165, 1.54) is 11.1 Å². The number of nitrogens with zero attached hydrogens (tertiary/aromatic N) is 3. The van der Waals surface area contributed by atoms with E-state index in [-0.39, 0.29) is 36.1 Å². The van der Waals surface area contributed by atoms with E-state index in [9.17, 15) is 14.4 Å². The van der Waals surface area contributed by atoms with Gasteiger partial charge in [-0.15, -0.1) is 0 Å². The summed E-state index contributed by atoms with van der Waals surface area (Å²) in [5, 5.41) is 3.78. The molecular weight excluding hydrogens is 539 g/mol. The van der Waals surface area contributed by atoms with Gasteiger partial charge in [-0.1, -0.05) is 37.0 Å². The van der Waals surface area contributed by atoms with Crippen molar-refractivity contribution in [3.8, 4) is 11.4 Å². The van der Waals surface area contributed by atoms with E-state index in [4.69, 9.17) is 17.6 Å². The van der Waals surface area contributed by atoms with E-state index in [0.29, 0.717) is 37.8 Å². The zero-order valence-corrected chi connectivity index (χ0v) is 25.2. The number of ether oxygens (including phenoxy) is 1. The second-order valence-electron chi connectivity index (χ2n) is 12.4. The zero-order chi connectivity index (χ0) is 30.2. The maximum atomic E-state index is 14.0. The van der Waals surface area contributed by atoms with Crippen molar-refractivity contribution >= 4 is 36.0 Å². The van der Waals surface area contributed by atoms with E-state index in [0.717, 1.165) is 75.8 Å². The summed E-state index contributed by atoms with van der Waals surface area (Å²) in [5.74, 6) is 0.00303. The van der Waals surface area contributed by atoms with Crippen LogP contribution in [0.4, 0.5) is 0 Å². The molecule has 3 atom stereocenters. The smallest absolute Gasteiger partial charge is 0.254 e. The third kappa shape index (κ3) is 4.22. The summed E-state index contributed by atoms with van der Waals surface area (Å²) in [4.78, 5) is 46.6. The largest absolute Gasteiger partial charge is 0.348 e. The minimum Gasteiger partial charge on any atom is -0.348 e. The Balaban J connectivity index is 1.35. The number of likely N-dealkylation sites (tertiary alicyclic amines) is 1. The first kappa shape index (κ1) is 28.1. The highest BCUT2D eigenvalue weighted by Crippen LogP contribution is 2.47. The fourth-order valence-corrected chi connectivity index (χ4v) is 7.94. The molecular formula is C34H37BN4O4. The molecule has 9 heteroatoms. The van der Waals surface area contributed by atoms with Crippen molar-refractivity contribution in [2.75, 3.05) is 13.3 Å². The number of fused-ring (bicyclic) bond motifs is 5. The second-order valence-corrected chi connectivity index (χ2v) is 12.4. The molecule has 2 amide bonds. The highest BCUT2D eigenvalue weighted by atomic mass is 16.5. The number of carbonyl (C=O) groups is 2. The van der Waals surface area contributed by atoms with Crippen LogP contribution < -0.4 is 16.3 Å². The molecule has 2 radical (unpaired) electrons. The lowest BCUT2D eigenvalue weighted by atomic mass is 9.77. The molecule has 7 rings (SSSR count). The van der Waals surface area contributed by atoms with E-state index in [2.05, 4.69) is 31.8 Å². The summed E-state index contributed by atoms with van der Waals surface area (Å²) in [6.07, 6.45) is 4.34. The van der Waals surface area contributed by atoms with Gasteiger partial charge in [0.25, 0.3) is 11.5 Å². The maximum Gasteiger partial charge on any atom is 0.254 e. The van der Waals surface area contributed by atoms with Crippen LogP contribution in [0.2, 0.25) is 0 Å². The van der Waals surface area contributed by atoms with Gasteiger partial charge >= 0.3 is 0 Å². The Morgan fingerprint density at radius 2 is 1.95 bits per heavy atom. The van der Waals surface area contributed by atoms with E-state index >= 15 is 0 Å². The fourth-order valence-electron chi connectivity index (χ4n) is 7.94. The average molecular weight is 577 g/mol. The van der Waals surface area contributed by atoms with Crippen molar-refractivity contribution in [3.63, 3.8) is 0 Å². The molecule has 1 fully saturated rings. The SMILES string of the molecule is [B]c1cc2nc3c(c4c2c(c1C)CCC4N1CCC(OCNC(=O)CC)C1=O)Cn1c-3cc2c(c1=O)CCC(=C)C2CC. The molecule has 4 aliphatic rings. The predicted octanol–water partition coefficient (Wildman–Crippen LogP) is 3.61. The summed E-state index contributed by atoms with van der Waals surface area (Å²) < 4.78 is 7.72. The molecule has 1 N–H and O–H groups in total. The molecule has 3 unspecified atom stereocenters. The number of benzene rings is 1. The van der Waals surface area contributed by atoms with Crippen LogP contribution in [0.3, 0.4) is 0 Å². The van der Waals surface area contributed by atoms with Gasteiger partial charge in [0.15, 0.2) is 0 Å². The number of pyridine rings is 2. The molecule has 4 heterocycles. The Morgan fingerprint density at radius 1 is 1.14 bits per heavy atom. The molecule has 2 aliphatic carbocycles. The van der Waals surface area contributed by atoms with E-state index in [1.807, 2.05) is 15.5 Å². The monoisotopic (exact) mass is 576 g/mol. The van der Waals surface area contributed by atoms with Gasteiger partial charge in [0.05, 0.1) is 29.5 Å². The van der Waals surface area contributed by atoms with Gasteiger partial charge in [0, 0.05) is 41.8 Å². The molecule has 1 saturated heterocycles. The fraction of sp³-hybridized carbons (Fsp3) is 0.471. The Hall–Kier alpha value is -3.72. The van der Waals surface area contributed by atoms with Gasteiger partial charge < -0.3 is 19.5 Å². The van der Waals surface area contributed by atoms with Crippen molar-refractivity contribution in [2.24, 2.45) is 0 Å². The zero-order valence-electron chi connectivity index (χ0n) is 25.2. The summed E-state index contributed by atoms with van der Waals surface area (Å²) in [7, 11) is 6.50. The summed E-state index contributed by atoms with van der Waals surface area (Å²) in [6.45, 7) is 11.3. The van der Waals surface area contributed by atoms with Gasteiger partial charge in [-0.05, 0) is 67.9 Å². The van der Waals surface area contributed by atoms with Crippen molar-refractivity contribution in [3.05, 3.63) is 68.0 Å². The number of nitrogens with one attached hydrogen (secondary N) is 1. The Kier molecular flexibility index (Phi) is 6.84.